The van der Waals surface area contributed by atoms with E-state index in [2.05, 4.69) is 31.4 Å². The number of alkyl carbamates (subject to hydrolysis) is 1. The highest BCUT2D eigenvalue weighted by Crippen LogP contribution is 2.29. The maximum absolute atomic E-state index is 12.0. The molecular weight excluding hydrogens is 318 g/mol. The summed E-state index contributed by atoms with van der Waals surface area (Å²) in [5, 5.41) is 13.2. The molecule has 25 heavy (non-hydrogen) atoms. The Bertz CT molecular complexity index is 637. The lowest BCUT2D eigenvalue weighted by Gasteiger charge is -2.32. The Morgan fingerprint density at radius 3 is 2.16 bits per heavy atom. The number of hydrogen-bond acceptors (Lipinski definition) is 4. The number of nitriles is 1. The summed E-state index contributed by atoms with van der Waals surface area (Å²) in [6, 6.07) is 7.25. The fraction of sp³-hybridized carbons (Fsp3) is 0.526. The van der Waals surface area contributed by atoms with Crippen molar-refractivity contribution in [1.29, 1.82) is 5.26 Å². The molecule has 1 aromatic rings. The Morgan fingerprint density at radius 2 is 1.64 bits per heavy atom. The Morgan fingerprint density at radius 1 is 1.08 bits per heavy atom. The number of nitrogens with zero attached hydrogens (tertiary/aromatic N) is 1. The van der Waals surface area contributed by atoms with Crippen molar-refractivity contribution in [3.05, 3.63) is 35.4 Å². The van der Waals surface area contributed by atoms with Crippen LogP contribution >= 0.6 is 0 Å². The molecule has 2 amide bonds. The number of hydrogen-bond donors (Lipinski definition) is 2. The molecule has 6 nitrogen and oxygen atoms in total. The van der Waals surface area contributed by atoms with Crippen LogP contribution in [-0.4, -0.2) is 17.6 Å². The van der Waals surface area contributed by atoms with Crippen molar-refractivity contribution in [2.24, 2.45) is 5.41 Å². The molecule has 0 aromatic heterocycles. The van der Waals surface area contributed by atoms with Crippen molar-refractivity contribution in [2.75, 3.05) is 0 Å². The van der Waals surface area contributed by atoms with E-state index in [1.54, 1.807) is 18.3 Å². The predicted molar refractivity (Wildman–Crippen MR) is 95.4 cm³/mol. The van der Waals surface area contributed by atoms with Gasteiger partial charge in [0, 0.05) is 6.54 Å². The zero-order valence-electron chi connectivity index (χ0n) is 15.6. The average molecular weight is 345 g/mol. The quantitative estimate of drug-likeness (QED) is 0.611. The highest BCUT2D eigenvalue weighted by atomic mass is 16.6. The summed E-state index contributed by atoms with van der Waals surface area (Å²) in [7, 11) is 0. The van der Waals surface area contributed by atoms with E-state index in [-0.39, 0.29) is 17.7 Å². The third-order valence-corrected chi connectivity index (χ3v) is 3.34. The van der Waals surface area contributed by atoms with E-state index in [9.17, 15) is 9.59 Å². The molecule has 1 aromatic carbocycles. The van der Waals surface area contributed by atoms with Crippen LogP contribution in [0.1, 0.15) is 52.2 Å². The van der Waals surface area contributed by atoms with Crippen LogP contribution in [0.2, 0.25) is 0 Å². The smallest absolute Gasteiger partial charge is 0.407 e. The Labute approximate surface area is 149 Å². The van der Waals surface area contributed by atoms with Crippen LogP contribution in [0, 0.1) is 16.9 Å². The molecule has 0 heterocycles. The second-order valence-electron chi connectivity index (χ2n) is 7.89. The number of ether oxygens (including phenoxy) is 1. The molecular formula is C19H27N3O3. The van der Waals surface area contributed by atoms with Gasteiger partial charge < -0.3 is 10.1 Å². The summed E-state index contributed by atoms with van der Waals surface area (Å²) in [6.45, 7) is 10.5. The molecule has 0 atom stereocenters. The van der Waals surface area contributed by atoms with E-state index in [0.717, 1.165) is 17.5 Å². The molecule has 136 valence electrons. The van der Waals surface area contributed by atoms with Gasteiger partial charge in [0.1, 0.15) is 5.60 Å². The molecule has 0 spiro atoms. The van der Waals surface area contributed by atoms with Crippen LogP contribution in [0.4, 0.5) is 4.79 Å². The highest BCUT2D eigenvalue weighted by Gasteiger charge is 2.29. The van der Waals surface area contributed by atoms with Crippen LogP contribution in [0.5, 0.6) is 0 Å². The number of amides is 2. The van der Waals surface area contributed by atoms with Crippen molar-refractivity contribution in [2.45, 2.75) is 59.6 Å². The molecule has 0 saturated heterocycles. The number of carbonyl (C=O) groups is 2. The van der Waals surface area contributed by atoms with Crippen molar-refractivity contribution in [1.82, 2.24) is 10.6 Å². The lowest BCUT2D eigenvalue weighted by molar-refractivity contribution is -0.119. The molecule has 0 radical (unpaired) electrons. The van der Waals surface area contributed by atoms with Crippen LogP contribution in [0.25, 0.3) is 0 Å². The number of nitrogens with one attached hydrogen (secondary N) is 2. The average Bonchev–Trinajstić information content (AvgIpc) is 2.43. The Balaban J connectivity index is 2.48. The minimum Gasteiger partial charge on any atom is -0.444 e. The van der Waals surface area contributed by atoms with Gasteiger partial charge in [0.25, 0.3) is 0 Å². The van der Waals surface area contributed by atoms with Crippen LogP contribution in [0.15, 0.2) is 24.3 Å². The first kappa shape index (κ1) is 20.5. The topological polar surface area (TPSA) is 91.2 Å². The molecule has 6 heteroatoms. The van der Waals surface area contributed by atoms with Crippen LogP contribution in [0.3, 0.4) is 0 Å². The zero-order chi connectivity index (χ0) is 19.1. The first-order valence-corrected chi connectivity index (χ1v) is 8.23. The minimum absolute atomic E-state index is 0.0669. The van der Waals surface area contributed by atoms with Crippen molar-refractivity contribution >= 4 is 12.0 Å². The van der Waals surface area contributed by atoms with Crippen molar-refractivity contribution in [3.8, 4) is 6.19 Å². The molecule has 0 unspecified atom stereocenters. The monoisotopic (exact) mass is 345 g/mol. The minimum atomic E-state index is -0.541. The van der Waals surface area contributed by atoms with Crippen LogP contribution < -0.4 is 10.6 Å². The standard InChI is InChI=1S/C19H27N3O3/c1-18(2,3)12-19(4,5)25-17(24)21-11-15-8-6-14(7-9-15)10-16(23)22-13-20/h6-9H,10-12H2,1-5H3,(H,21,24)(H,22,23). The summed E-state index contributed by atoms with van der Waals surface area (Å²) in [5.74, 6) is -0.349. The number of benzene rings is 1. The van der Waals surface area contributed by atoms with Gasteiger partial charge in [-0.2, -0.15) is 5.26 Å². The van der Waals surface area contributed by atoms with Crippen molar-refractivity contribution < 1.29 is 14.3 Å². The van der Waals surface area contributed by atoms with E-state index < -0.39 is 11.7 Å². The van der Waals surface area contributed by atoms with Crippen LogP contribution in [-0.2, 0) is 22.5 Å². The van der Waals surface area contributed by atoms with E-state index in [1.165, 1.54) is 0 Å². The van der Waals surface area contributed by atoms with Gasteiger partial charge in [-0.3, -0.25) is 10.1 Å². The summed E-state index contributed by atoms with van der Waals surface area (Å²) in [5.41, 5.74) is 1.22. The largest absolute Gasteiger partial charge is 0.444 e. The molecule has 0 bridgehead atoms. The van der Waals surface area contributed by atoms with E-state index in [0.29, 0.717) is 6.54 Å². The predicted octanol–water partition coefficient (Wildman–Crippen LogP) is 3.27. The van der Waals surface area contributed by atoms with Gasteiger partial charge in [-0.1, -0.05) is 45.0 Å². The maximum atomic E-state index is 12.0. The van der Waals surface area contributed by atoms with Gasteiger partial charge >= 0.3 is 6.09 Å². The summed E-state index contributed by atoms with van der Waals surface area (Å²) < 4.78 is 5.51. The molecule has 0 aliphatic carbocycles. The summed E-state index contributed by atoms with van der Waals surface area (Å²) in [6.07, 6.45) is 2.05. The molecule has 0 aliphatic heterocycles. The molecule has 0 fully saturated rings. The summed E-state index contributed by atoms with van der Waals surface area (Å²) in [4.78, 5) is 23.3. The highest BCUT2D eigenvalue weighted by molar-refractivity contribution is 5.79. The number of carbonyl (C=O) groups excluding carboxylic acids is 2. The first-order chi connectivity index (χ1) is 11.5. The third kappa shape index (κ3) is 8.75. The van der Waals surface area contributed by atoms with Gasteiger partial charge in [0.2, 0.25) is 5.91 Å². The van der Waals surface area contributed by atoms with Crippen molar-refractivity contribution in [3.63, 3.8) is 0 Å². The van der Waals surface area contributed by atoms with E-state index >= 15 is 0 Å². The zero-order valence-corrected chi connectivity index (χ0v) is 15.6. The SMILES string of the molecule is CC(C)(C)CC(C)(C)OC(=O)NCc1ccc(CC(=O)NC#N)cc1. The fourth-order valence-electron chi connectivity index (χ4n) is 2.84. The molecule has 2 N–H and O–H groups in total. The van der Waals surface area contributed by atoms with Gasteiger partial charge in [-0.15, -0.1) is 0 Å². The van der Waals surface area contributed by atoms with Gasteiger partial charge in [-0.05, 0) is 36.8 Å². The second-order valence-corrected chi connectivity index (χ2v) is 7.89. The Kier molecular flexibility index (Phi) is 6.98. The molecule has 1 rings (SSSR count). The lowest BCUT2D eigenvalue weighted by atomic mass is 9.84. The summed E-state index contributed by atoms with van der Waals surface area (Å²) >= 11 is 0. The fourth-order valence-corrected chi connectivity index (χ4v) is 2.84. The molecule has 0 saturated carbocycles. The van der Waals surface area contributed by atoms with Gasteiger partial charge in [-0.25, -0.2) is 4.79 Å². The Hall–Kier alpha value is -2.55. The first-order valence-electron chi connectivity index (χ1n) is 8.23. The van der Waals surface area contributed by atoms with E-state index in [4.69, 9.17) is 10.00 Å². The molecule has 0 aliphatic rings. The van der Waals surface area contributed by atoms with Gasteiger partial charge in [0.05, 0.1) is 6.42 Å². The number of rotatable bonds is 6. The third-order valence-electron chi connectivity index (χ3n) is 3.34. The van der Waals surface area contributed by atoms with Gasteiger partial charge in [0.15, 0.2) is 6.19 Å². The maximum Gasteiger partial charge on any atom is 0.407 e. The lowest BCUT2D eigenvalue weighted by Crippen LogP contribution is -2.37. The normalized spacial score (nSPS) is 11.4. The second kappa shape index (κ2) is 8.52. The van der Waals surface area contributed by atoms with E-state index in [1.807, 2.05) is 26.0 Å².